The molecule has 0 N–H and O–H groups in total. The van der Waals surface area contributed by atoms with Crippen LogP contribution < -0.4 is 5.01 Å². The summed E-state index contributed by atoms with van der Waals surface area (Å²) in [5.74, 6) is -0.163. The molecule has 0 aliphatic carbocycles. The van der Waals surface area contributed by atoms with E-state index in [1.807, 2.05) is 49.4 Å². The van der Waals surface area contributed by atoms with Crippen molar-refractivity contribution in [3.8, 4) is 0 Å². The molecule has 0 saturated carbocycles. The van der Waals surface area contributed by atoms with Crippen molar-refractivity contribution in [2.24, 2.45) is 5.10 Å². The van der Waals surface area contributed by atoms with Crippen LogP contribution in [-0.4, -0.2) is 16.2 Å². The first kappa shape index (κ1) is 20.7. The van der Waals surface area contributed by atoms with Crippen molar-refractivity contribution in [3.63, 3.8) is 0 Å². The van der Waals surface area contributed by atoms with Crippen molar-refractivity contribution in [2.75, 3.05) is 5.01 Å². The fraction of sp³-hybridized carbons (Fsp3) is 0.0769. The van der Waals surface area contributed by atoms with E-state index in [1.165, 1.54) is 10.6 Å². The number of hydrazone groups is 1. The number of carbonyl (C=O) groups is 1. The topological polar surface area (TPSA) is 37.6 Å². The normalized spacial score (nSPS) is 15.1. The molecule has 1 aliphatic rings. The average Bonchev–Trinajstić information content (AvgIpc) is 3.26. The molecular formula is C26H19BrClN3O. The van der Waals surface area contributed by atoms with E-state index in [0.29, 0.717) is 22.0 Å². The monoisotopic (exact) mass is 503 g/mol. The van der Waals surface area contributed by atoms with Gasteiger partial charge in [-0.05, 0) is 55.0 Å². The van der Waals surface area contributed by atoms with Gasteiger partial charge in [0.2, 0.25) is 0 Å². The van der Waals surface area contributed by atoms with Gasteiger partial charge in [0.15, 0.2) is 0 Å². The van der Waals surface area contributed by atoms with E-state index in [9.17, 15) is 4.79 Å². The molecule has 0 spiro atoms. The number of halogens is 2. The number of amides is 1. The number of carbonyl (C=O) groups excluding carboxylic acids is 1. The molecule has 6 heteroatoms. The standard InChI is InChI=1S/C26H19BrClN3O/c1-17-23(26(32)31(29-17)22-9-5-8-21(28)14-22)12-19-16-30(15-18-6-3-2-4-7-18)25-11-10-20(27)13-24(19)25/h2-14,16H,15H2,1H3/b23-12-. The molecule has 1 aromatic heterocycles. The highest BCUT2D eigenvalue weighted by Gasteiger charge is 2.29. The van der Waals surface area contributed by atoms with Gasteiger partial charge in [0.25, 0.3) is 5.91 Å². The van der Waals surface area contributed by atoms with Crippen LogP contribution >= 0.6 is 27.5 Å². The second-order valence-electron chi connectivity index (χ2n) is 7.70. The Kier molecular flexibility index (Phi) is 5.45. The summed E-state index contributed by atoms with van der Waals surface area (Å²) >= 11 is 9.70. The zero-order chi connectivity index (χ0) is 22.2. The van der Waals surface area contributed by atoms with Gasteiger partial charge in [-0.3, -0.25) is 4.79 Å². The zero-order valence-corrected chi connectivity index (χ0v) is 19.6. The summed E-state index contributed by atoms with van der Waals surface area (Å²) in [5.41, 5.74) is 5.20. The molecule has 2 heterocycles. The van der Waals surface area contributed by atoms with Gasteiger partial charge in [-0.1, -0.05) is 63.9 Å². The molecular weight excluding hydrogens is 486 g/mol. The Morgan fingerprint density at radius 1 is 1.03 bits per heavy atom. The van der Waals surface area contributed by atoms with Crippen LogP contribution in [0, 0.1) is 0 Å². The maximum Gasteiger partial charge on any atom is 0.280 e. The van der Waals surface area contributed by atoms with Crippen molar-refractivity contribution < 1.29 is 4.79 Å². The predicted molar refractivity (Wildman–Crippen MR) is 135 cm³/mol. The maximum atomic E-state index is 13.2. The maximum absolute atomic E-state index is 13.2. The molecule has 5 rings (SSSR count). The lowest BCUT2D eigenvalue weighted by Crippen LogP contribution is -2.21. The first-order valence-corrected chi connectivity index (χ1v) is 11.4. The van der Waals surface area contributed by atoms with E-state index in [2.05, 4.69) is 56.1 Å². The number of rotatable bonds is 4. The van der Waals surface area contributed by atoms with Crippen molar-refractivity contribution in [2.45, 2.75) is 13.5 Å². The van der Waals surface area contributed by atoms with Crippen molar-refractivity contribution >= 4 is 61.8 Å². The first-order valence-electron chi connectivity index (χ1n) is 10.2. The summed E-state index contributed by atoms with van der Waals surface area (Å²) < 4.78 is 3.20. The fourth-order valence-corrected chi connectivity index (χ4v) is 4.49. The fourth-order valence-electron chi connectivity index (χ4n) is 3.95. The van der Waals surface area contributed by atoms with E-state index in [0.717, 1.165) is 27.5 Å². The van der Waals surface area contributed by atoms with Gasteiger partial charge < -0.3 is 4.57 Å². The Morgan fingerprint density at radius 2 is 1.84 bits per heavy atom. The lowest BCUT2D eigenvalue weighted by molar-refractivity contribution is -0.114. The molecule has 0 saturated heterocycles. The summed E-state index contributed by atoms with van der Waals surface area (Å²) in [6.07, 6.45) is 4.03. The molecule has 0 radical (unpaired) electrons. The highest BCUT2D eigenvalue weighted by molar-refractivity contribution is 9.10. The van der Waals surface area contributed by atoms with Crippen molar-refractivity contribution in [1.82, 2.24) is 4.57 Å². The summed E-state index contributed by atoms with van der Waals surface area (Å²) in [5, 5.41) is 7.53. The van der Waals surface area contributed by atoms with Crippen LogP contribution in [0.3, 0.4) is 0 Å². The number of nitrogens with zero attached hydrogens (tertiary/aromatic N) is 3. The van der Waals surface area contributed by atoms with Crippen LogP contribution in [0.15, 0.2) is 94.1 Å². The number of hydrogen-bond acceptors (Lipinski definition) is 2. The number of benzene rings is 3. The molecule has 0 atom stereocenters. The smallest absolute Gasteiger partial charge is 0.280 e. The summed E-state index contributed by atoms with van der Waals surface area (Å²) in [6.45, 7) is 2.60. The van der Waals surface area contributed by atoms with Crippen LogP contribution in [0.2, 0.25) is 5.02 Å². The van der Waals surface area contributed by atoms with E-state index in [1.54, 1.807) is 12.1 Å². The second-order valence-corrected chi connectivity index (χ2v) is 9.05. The molecule has 0 bridgehead atoms. The minimum atomic E-state index is -0.163. The Morgan fingerprint density at radius 3 is 2.62 bits per heavy atom. The largest absolute Gasteiger partial charge is 0.342 e. The minimum absolute atomic E-state index is 0.163. The number of anilines is 1. The Labute approximate surface area is 199 Å². The molecule has 0 fully saturated rings. The van der Waals surface area contributed by atoms with E-state index >= 15 is 0 Å². The molecule has 3 aromatic carbocycles. The van der Waals surface area contributed by atoms with E-state index in [-0.39, 0.29) is 5.91 Å². The molecule has 4 aromatic rings. The predicted octanol–water partition coefficient (Wildman–Crippen LogP) is 6.91. The van der Waals surface area contributed by atoms with Crippen LogP contribution in [-0.2, 0) is 11.3 Å². The van der Waals surface area contributed by atoms with Gasteiger partial charge in [0.05, 0.1) is 17.0 Å². The van der Waals surface area contributed by atoms with Gasteiger partial charge >= 0.3 is 0 Å². The summed E-state index contributed by atoms with van der Waals surface area (Å²) in [6, 6.07) is 23.7. The van der Waals surface area contributed by atoms with Crippen molar-refractivity contribution in [3.05, 3.63) is 105 Å². The SMILES string of the molecule is CC1=NN(c2cccc(Cl)c2)C(=O)/C1=C\c1cn(Cc2ccccc2)c2ccc(Br)cc12. The van der Waals surface area contributed by atoms with Gasteiger partial charge in [-0.25, -0.2) is 0 Å². The van der Waals surface area contributed by atoms with Crippen LogP contribution in [0.5, 0.6) is 0 Å². The van der Waals surface area contributed by atoms with Gasteiger partial charge in [-0.2, -0.15) is 10.1 Å². The molecule has 1 aliphatic heterocycles. The summed E-state index contributed by atoms with van der Waals surface area (Å²) in [4.78, 5) is 13.2. The van der Waals surface area contributed by atoms with Gasteiger partial charge in [0, 0.05) is 38.7 Å². The average molecular weight is 505 g/mol. The van der Waals surface area contributed by atoms with E-state index in [4.69, 9.17) is 11.6 Å². The van der Waals surface area contributed by atoms with E-state index < -0.39 is 0 Å². The first-order chi connectivity index (χ1) is 15.5. The molecule has 0 unspecified atom stereocenters. The number of fused-ring (bicyclic) bond motifs is 1. The number of hydrogen-bond donors (Lipinski definition) is 0. The second kappa shape index (κ2) is 8.41. The Hall–Kier alpha value is -3.15. The quantitative estimate of drug-likeness (QED) is 0.278. The lowest BCUT2D eigenvalue weighted by atomic mass is 10.1. The third-order valence-corrected chi connectivity index (χ3v) is 6.21. The highest BCUT2D eigenvalue weighted by atomic mass is 79.9. The lowest BCUT2D eigenvalue weighted by Gasteiger charge is -2.11. The third kappa shape index (κ3) is 3.90. The number of aromatic nitrogens is 1. The van der Waals surface area contributed by atoms with Gasteiger partial charge in [0.1, 0.15) is 0 Å². The highest BCUT2D eigenvalue weighted by Crippen LogP contribution is 2.31. The molecule has 1 amide bonds. The third-order valence-electron chi connectivity index (χ3n) is 5.48. The molecule has 32 heavy (non-hydrogen) atoms. The Balaban J connectivity index is 1.57. The van der Waals surface area contributed by atoms with Crippen molar-refractivity contribution in [1.29, 1.82) is 0 Å². The van der Waals surface area contributed by atoms with Crippen LogP contribution in [0.25, 0.3) is 17.0 Å². The van der Waals surface area contributed by atoms with Crippen LogP contribution in [0.4, 0.5) is 5.69 Å². The molecule has 158 valence electrons. The van der Waals surface area contributed by atoms with Gasteiger partial charge in [-0.15, -0.1) is 0 Å². The Bertz CT molecular complexity index is 1410. The minimum Gasteiger partial charge on any atom is -0.342 e. The molecule has 4 nitrogen and oxygen atoms in total. The van der Waals surface area contributed by atoms with Crippen LogP contribution in [0.1, 0.15) is 18.1 Å². The zero-order valence-electron chi connectivity index (χ0n) is 17.3. The summed E-state index contributed by atoms with van der Waals surface area (Å²) in [7, 11) is 0.